The maximum Gasteiger partial charge on any atom is 0.133 e. The summed E-state index contributed by atoms with van der Waals surface area (Å²) < 4.78 is 0. The zero-order valence-corrected chi connectivity index (χ0v) is 7.57. The molecule has 0 aliphatic carbocycles. The van der Waals surface area contributed by atoms with Gasteiger partial charge in [-0.1, -0.05) is 6.07 Å². The predicted octanol–water partition coefficient (Wildman–Crippen LogP) is 0.796. The zero-order chi connectivity index (χ0) is 9.68. The first-order chi connectivity index (χ1) is 6.27. The van der Waals surface area contributed by atoms with E-state index < -0.39 is 0 Å². The average Bonchev–Trinajstić information content (AvgIpc) is 2.16. The largest absolute Gasteiger partial charge is 0.395 e. The molecular weight excluding hydrogens is 166 g/mol. The van der Waals surface area contributed by atoms with Gasteiger partial charge < -0.3 is 10.0 Å². The van der Waals surface area contributed by atoms with Crippen LogP contribution in [0.5, 0.6) is 0 Å². The maximum absolute atomic E-state index is 8.71. The number of rotatable bonds is 4. The highest BCUT2D eigenvalue weighted by atomic mass is 16.3. The summed E-state index contributed by atoms with van der Waals surface area (Å²) in [5.74, 6) is 0.689. The van der Waals surface area contributed by atoms with Gasteiger partial charge in [-0.2, -0.15) is 0 Å². The molecule has 1 aromatic rings. The van der Waals surface area contributed by atoms with Crippen molar-refractivity contribution >= 4 is 12.2 Å². The molecule has 0 aliphatic heterocycles. The first-order valence-corrected chi connectivity index (χ1v) is 4.08. The molecule has 0 saturated carbocycles. The van der Waals surface area contributed by atoms with Gasteiger partial charge in [-0.3, -0.25) is 5.41 Å². The van der Waals surface area contributed by atoms with Gasteiger partial charge in [-0.25, -0.2) is 4.98 Å². The molecule has 1 aromatic heterocycles. The molecule has 4 heteroatoms. The standard InChI is InChI=1S/C9H13N3O/c1-8-2-3-9(11-6-8)12(7-10)4-5-13/h2-3,6-7,10,13H,4-5H2,1H3. The number of aliphatic hydroxyl groups is 1. The van der Waals surface area contributed by atoms with Gasteiger partial charge in [0.2, 0.25) is 0 Å². The highest BCUT2D eigenvalue weighted by molar-refractivity contribution is 5.74. The van der Waals surface area contributed by atoms with Crippen LogP contribution in [-0.4, -0.2) is 29.6 Å². The molecule has 0 radical (unpaired) electrons. The smallest absolute Gasteiger partial charge is 0.133 e. The van der Waals surface area contributed by atoms with Gasteiger partial charge in [0.15, 0.2) is 0 Å². The first-order valence-electron chi connectivity index (χ1n) is 4.08. The number of anilines is 1. The highest BCUT2D eigenvalue weighted by Crippen LogP contribution is 2.08. The molecule has 0 bridgehead atoms. The molecular formula is C9H13N3O. The lowest BCUT2D eigenvalue weighted by molar-refractivity contribution is 0.306. The summed E-state index contributed by atoms with van der Waals surface area (Å²) in [5.41, 5.74) is 1.08. The van der Waals surface area contributed by atoms with E-state index in [9.17, 15) is 0 Å². The van der Waals surface area contributed by atoms with Gasteiger partial charge in [0, 0.05) is 12.7 Å². The van der Waals surface area contributed by atoms with Crippen LogP contribution < -0.4 is 4.90 Å². The fourth-order valence-electron chi connectivity index (χ4n) is 0.983. The number of aromatic nitrogens is 1. The van der Waals surface area contributed by atoms with Crippen LogP contribution in [0.25, 0.3) is 0 Å². The van der Waals surface area contributed by atoms with E-state index in [1.165, 1.54) is 0 Å². The molecule has 1 rings (SSSR count). The Hall–Kier alpha value is -1.42. The lowest BCUT2D eigenvalue weighted by atomic mass is 10.3. The Morgan fingerprint density at radius 1 is 1.62 bits per heavy atom. The van der Waals surface area contributed by atoms with Crippen molar-refractivity contribution in [1.82, 2.24) is 4.98 Å². The number of hydrogen-bond acceptors (Lipinski definition) is 3. The van der Waals surface area contributed by atoms with Gasteiger partial charge in [0.05, 0.1) is 12.9 Å². The summed E-state index contributed by atoms with van der Waals surface area (Å²) in [7, 11) is 0. The molecule has 13 heavy (non-hydrogen) atoms. The molecule has 0 amide bonds. The van der Waals surface area contributed by atoms with Crippen LogP contribution in [0.2, 0.25) is 0 Å². The number of nitrogens with zero attached hydrogens (tertiary/aromatic N) is 2. The molecule has 0 aromatic carbocycles. The predicted molar refractivity (Wildman–Crippen MR) is 52.2 cm³/mol. The molecule has 0 unspecified atom stereocenters. The zero-order valence-electron chi connectivity index (χ0n) is 7.57. The van der Waals surface area contributed by atoms with Crippen molar-refractivity contribution in [3.63, 3.8) is 0 Å². The highest BCUT2D eigenvalue weighted by Gasteiger charge is 2.02. The van der Waals surface area contributed by atoms with Crippen LogP contribution in [-0.2, 0) is 0 Å². The first kappa shape index (κ1) is 9.67. The van der Waals surface area contributed by atoms with Gasteiger partial charge in [-0.15, -0.1) is 0 Å². The fourth-order valence-corrected chi connectivity index (χ4v) is 0.983. The van der Waals surface area contributed by atoms with Crippen LogP contribution in [0.1, 0.15) is 5.56 Å². The second-order valence-electron chi connectivity index (χ2n) is 2.74. The molecule has 4 nitrogen and oxygen atoms in total. The summed E-state index contributed by atoms with van der Waals surface area (Å²) in [6.45, 7) is 2.38. The summed E-state index contributed by atoms with van der Waals surface area (Å²) in [4.78, 5) is 5.71. The summed E-state index contributed by atoms with van der Waals surface area (Å²) in [6.07, 6.45) is 2.90. The van der Waals surface area contributed by atoms with E-state index in [1.807, 2.05) is 19.1 Å². The van der Waals surface area contributed by atoms with E-state index in [4.69, 9.17) is 10.5 Å². The van der Waals surface area contributed by atoms with E-state index in [-0.39, 0.29) is 6.61 Å². The topological polar surface area (TPSA) is 60.2 Å². The minimum atomic E-state index is 0.0188. The van der Waals surface area contributed by atoms with Crippen LogP contribution >= 0.6 is 0 Å². The Bertz CT molecular complexity index is 271. The Kier molecular flexibility index (Phi) is 3.40. The Balaban J connectivity index is 2.79. The fraction of sp³-hybridized carbons (Fsp3) is 0.333. The second kappa shape index (κ2) is 4.57. The molecule has 70 valence electrons. The van der Waals surface area contributed by atoms with E-state index in [2.05, 4.69) is 4.98 Å². The molecule has 0 aliphatic rings. The quantitative estimate of drug-likeness (QED) is 0.530. The van der Waals surface area contributed by atoms with Crippen molar-refractivity contribution in [2.45, 2.75) is 6.92 Å². The van der Waals surface area contributed by atoms with Gasteiger partial charge in [0.25, 0.3) is 0 Å². The third-order valence-electron chi connectivity index (χ3n) is 1.69. The molecule has 0 spiro atoms. The van der Waals surface area contributed by atoms with Crippen LogP contribution in [0, 0.1) is 12.3 Å². The number of hydrogen-bond donors (Lipinski definition) is 2. The minimum Gasteiger partial charge on any atom is -0.395 e. The summed E-state index contributed by atoms with van der Waals surface area (Å²) >= 11 is 0. The van der Waals surface area contributed by atoms with E-state index in [0.29, 0.717) is 12.4 Å². The summed E-state index contributed by atoms with van der Waals surface area (Å²) in [6, 6.07) is 3.76. The number of pyridine rings is 1. The van der Waals surface area contributed by atoms with Crippen LogP contribution in [0.3, 0.4) is 0 Å². The van der Waals surface area contributed by atoms with E-state index >= 15 is 0 Å². The molecule has 1 heterocycles. The SMILES string of the molecule is Cc1ccc(N(C=N)CCO)nc1. The number of aryl methyl sites for hydroxylation is 1. The third-order valence-corrected chi connectivity index (χ3v) is 1.69. The Morgan fingerprint density at radius 2 is 2.38 bits per heavy atom. The second-order valence-corrected chi connectivity index (χ2v) is 2.74. The van der Waals surface area contributed by atoms with Crippen molar-refractivity contribution in [2.24, 2.45) is 0 Å². The monoisotopic (exact) mass is 179 g/mol. The van der Waals surface area contributed by atoms with Gasteiger partial charge in [0.1, 0.15) is 5.82 Å². The number of aliphatic hydroxyl groups excluding tert-OH is 1. The van der Waals surface area contributed by atoms with Crippen LogP contribution in [0.4, 0.5) is 5.82 Å². The van der Waals surface area contributed by atoms with Crippen molar-refractivity contribution in [1.29, 1.82) is 5.41 Å². The average molecular weight is 179 g/mol. The van der Waals surface area contributed by atoms with Crippen molar-refractivity contribution in [3.8, 4) is 0 Å². The Labute approximate surface area is 77.4 Å². The van der Waals surface area contributed by atoms with Crippen molar-refractivity contribution in [2.75, 3.05) is 18.1 Å². The van der Waals surface area contributed by atoms with Gasteiger partial charge >= 0.3 is 0 Å². The van der Waals surface area contributed by atoms with E-state index in [0.717, 1.165) is 11.9 Å². The van der Waals surface area contributed by atoms with Crippen molar-refractivity contribution in [3.05, 3.63) is 23.9 Å². The van der Waals surface area contributed by atoms with Crippen LogP contribution in [0.15, 0.2) is 18.3 Å². The van der Waals surface area contributed by atoms with Gasteiger partial charge in [-0.05, 0) is 18.6 Å². The molecule has 0 saturated heterocycles. The Morgan fingerprint density at radius 3 is 2.85 bits per heavy atom. The number of nitrogens with one attached hydrogen (secondary N) is 1. The lowest BCUT2D eigenvalue weighted by Gasteiger charge is -2.15. The van der Waals surface area contributed by atoms with E-state index in [1.54, 1.807) is 11.1 Å². The third kappa shape index (κ3) is 2.52. The maximum atomic E-state index is 8.71. The lowest BCUT2D eigenvalue weighted by Crippen LogP contribution is -2.25. The molecule has 0 atom stereocenters. The summed E-state index contributed by atoms with van der Waals surface area (Å²) in [5, 5.41) is 15.8. The minimum absolute atomic E-state index is 0.0188. The van der Waals surface area contributed by atoms with Crippen molar-refractivity contribution < 1.29 is 5.11 Å². The normalized spacial score (nSPS) is 9.69. The molecule has 0 fully saturated rings. The molecule has 2 N–H and O–H groups in total.